The monoisotopic (exact) mass is 271 g/mol. The second-order valence-corrected chi connectivity index (χ2v) is 4.40. The van der Waals surface area contributed by atoms with Crippen LogP contribution < -0.4 is 15.2 Å². The maximum atomic E-state index is 11.1. The third kappa shape index (κ3) is 2.52. The number of hydrogen-bond donors (Lipinski definition) is 2. The summed E-state index contributed by atoms with van der Waals surface area (Å²) in [6.07, 6.45) is 0.779. The van der Waals surface area contributed by atoms with Gasteiger partial charge in [-0.25, -0.2) is 0 Å². The molecule has 6 heteroatoms. The highest BCUT2D eigenvalue weighted by molar-refractivity contribution is 6.31. The number of aliphatic carboxylic acids is 1. The Hall–Kier alpha value is -1.46. The van der Waals surface area contributed by atoms with Crippen LogP contribution in [-0.4, -0.2) is 30.8 Å². The van der Waals surface area contributed by atoms with E-state index < -0.39 is 11.9 Å². The Labute approximate surface area is 109 Å². The highest BCUT2D eigenvalue weighted by atomic mass is 35.5. The molecule has 0 amide bonds. The van der Waals surface area contributed by atoms with Crippen molar-refractivity contribution in [1.82, 2.24) is 0 Å². The van der Waals surface area contributed by atoms with Crippen LogP contribution in [0.2, 0.25) is 5.02 Å². The molecule has 3 N–H and O–H groups in total. The SMILES string of the molecule is NCC(C(=O)O)c1cc2c(cc1Cl)OCCCO2. The minimum atomic E-state index is -1.01. The first-order chi connectivity index (χ1) is 8.63. The molecule has 0 spiro atoms. The van der Waals surface area contributed by atoms with E-state index in [4.69, 9.17) is 31.9 Å². The third-order valence-electron chi connectivity index (χ3n) is 2.78. The Kier molecular flexibility index (Phi) is 3.93. The number of hydrogen-bond acceptors (Lipinski definition) is 4. The molecule has 1 heterocycles. The van der Waals surface area contributed by atoms with E-state index >= 15 is 0 Å². The van der Waals surface area contributed by atoms with Gasteiger partial charge in [-0.15, -0.1) is 0 Å². The summed E-state index contributed by atoms with van der Waals surface area (Å²) in [6.45, 7) is 1.07. The average Bonchev–Trinajstić information content (AvgIpc) is 2.54. The number of rotatable bonds is 3. The number of benzene rings is 1. The van der Waals surface area contributed by atoms with Crippen molar-refractivity contribution in [3.8, 4) is 11.5 Å². The van der Waals surface area contributed by atoms with Gasteiger partial charge in [0.1, 0.15) is 0 Å². The van der Waals surface area contributed by atoms with Crippen LogP contribution in [-0.2, 0) is 4.79 Å². The molecule has 5 nitrogen and oxygen atoms in total. The molecule has 0 aromatic heterocycles. The van der Waals surface area contributed by atoms with Crippen molar-refractivity contribution in [3.05, 3.63) is 22.7 Å². The lowest BCUT2D eigenvalue weighted by Gasteiger charge is -2.15. The molecule has 0 radical (unpaired) electrons. The molecule has 1 aromatic carbocycles. The molecule has 1 atom stereocenters. The zero-order valence-corrected chi connectivity index (χ0v) is 10.4. The van der Waals surface area contributed by atoms with Gasteiger partial charge >= 0.3 is 5.97 Å². The first kappa shape index (κ1) is 13.0. The Morgan fingerprint density at radius 3 is 2.56 bits per heavy atom. The predicted molar refractivity (Wildman–Crippen MR) is 66.5 cm³/mol. The van der Waals surface area contributed by atoms with Crippen LogP contribution in [0.5, 0.6) is 11.5 Å². The molecule has 1 unspecified atom stereocenters. The molecular weight excluding hydrogens is 258 g/mol. The summed E-state index contributed by atoms with van der Waals surface area (Å²) < 4.78 is 11.0. The average molecular weight is 272 g/mol. The van der Waals surface area contributed by atoms with Crippen molar-refractivity contribution < 1.29 is 19.4 Å². The van der Waals surface area contributed by atoms with E-state index in [2.05, 4.69) is 0 Å². The fourth-order valence-corrected chi connectivity index (χ4v) is 2.11. The Morgan fingerprint density at radius 1 is 1.39 bits per heavy atom. The van der Waals surface area contributed by atoms with Gasteiger partial charge in [0, 0.05) is 24.1 Å². The predicted octanol–water partition coefficient (Wildman–Crippen LogP) is 1.63. The standard InChI is InChI=1S/C12H14ClNO4/c13-9-5-11-10(17-2-1-3-18-11)4-7(9)8(6-14)12(15)16/h4-5,8H,1-3,6,14H2,(H,15,16). The van der Waals surface area contributed by atoms with Gasteiger partial charge in [-0.1, -0.05) is 11.6 Å². The van der Waals surface area contributed by atoms with Crippen LogP contribution >= 0.6 is 11.6 Å². The minimum absolute atomic E-state index is 0.0191. The summed E-state index contributed by atoms with van der Waals surface area (Å²) >= 11 is 6.08. The smallest absolute Gasteiger partial charge is 0.312 e. The van der Waals surface area contributed by atoms with Crippen molar-refractivity contribution in [2.45, 2.75) is 12.3 Å². The van der Waals surface area contributed by atoms with Crippen LogP contribution in [0.1, 0.15) is 17.9 Å². The lowest BCUT2D eigenvalue weighted by molar-refractivity contribution is -0.138. The quantitative estimate of drug-likeness (QED) is 0.873. The number of carbonyl (C=O) groups is 1. The molecule has 2 rings (SSSR count). The van der Waals surface area contributed by atoms with Crippen molar-refractivity contribution in [1.29, 1.82) is 0 Å². The Balaban J connectivity index is 2.43. The van der Waals surface area contributed by atoms with E-state index in [1.165, 1.54) is 0 Å². The zero-order chi connectivity index (χ0) is 13.1. The summed E-state index contributed by atoms with van der Waals surface area (Å²) in [6, 6.07) is 3.19. The van der Waals surface area contributed by atoms with Crippen molar-refractivity contribution >= 4 is 17.6 Å². The lowest BCUT2D eigenvalue weighted by atomic mass is 9.99. The third-order valence-corrected chi connectivity index (χ3v) is 3.10. The minimum Gasteiger partial charge on any atom is -0.490 e. The Bertz CT molecular complexity index is 464. The molecular formula is C12H14ClNO4. The molecule has 1 aliphatic heterocycles. The number of nitrogens with two attached hydrogens (primary N) is 1. The molecule has 0 saturated heterocycles. The first-order valence-corrected chi connectivity index (χ1v) is 6.03. The maximum Gasteiger partial charge on any atom is 0.312 e. The van der Waals surface area contributed by atoms with Crippen molar-refractivity contribution in [3.63, 3.8) is 0 Å². The van der Waals surface area contributed by atoms with E-state index in [1.807, 2.05) is 0 Å². The van der Waals surface area contributed by atoms with Crippen LogP contribution in [0.3, 0.4) is 0 Å². The summed E-state index contributed by atoms with van der Waals surface area (Å²) in [4.78, 5) is 11.1. The van der Waals surface area contributed by atoms with E-state index in [0.29, 0.717) is 35.3 Å². The summed E-state index contributed by atoms with van der Waals surface area (Å²) in [7, 11) is 0. The van der Waals surface area contributed by atoms with Crippen LogP contribution in [0, 0.1) is 0 Å². The largest absolute Gasteiger partial charge is 0.490 e. The fraction of sp³-hybridized carbons (Fsp3) is 0.417. The summed E-state index contributed by atoms with van der Waals surface area (Å²) in [5.41, 5.74) is 5.92. The van der Waals surface area contributed by atoms with E-state index in [0.717, 1.165) is 6.42 Å². The van der Waals surface area contributed by atoms with Gasteiger partial charge in [0.15, 0.2) is 11.5 Å². The highest BCUT2D eigenvalue weighted by Crippen LogP contribution is 2.37. The van der Waals surface area contributed by atoms with Crippen LogP contribution in [0.15, 0.2) is 12.1 Å². The van der Waals surface area contributed by atoms with Gasteiger partial charge in [-0.05, 0) is 11.6 Å². The van der Waals surface area contributed by atoms with Gasteiger partial charge < -0.3 is 20.3 Å². The van der Waals surface area contributed by atoms with Gasteiger partial charge in [-0.2, -0.15) is 0 Å². The lowest BCUT2D eigenvalue weighted by Crippen LogP contribution is -2.21. The molecule has 0 fully saturated rings. The zero-order valence-electron chi connectivity index (χ0n) is 9.69. The molecule has 1 aromatic rings. The molecule has 18 heavy (non-hydrogen) atoms. The fourth-order valence-electron chi connectivity index (χ4n) is 1.83. The van der Waals surface area contributed by atoms with E-state index in [1.54, 1.807) is 12.1 Å². The second-order valence-electron chi connectivity index (χ2n) is 4.00. The molecule has 1 aliphatic rings. The number of ether oxygens (including phenoxy) is 2. The van der Waals surface area contributed by atoms with Gasteiger partial charge in [0.25, 0.3) is 0 Å². The number of halogens is 1. The van der Waals surface area contributed by atoms with Crippen LogP contribution in [0.25, 0.3) is 0 Å². The van der Waals surface area contributed by atoms with Gasteiger partial charge in [-0.3, -0.25) is 4.79 Å². The maximum absolute atomic E-state index is 11.1. The molecule has 0 bridgehead atoms. The molecule has 0 saturated carbocycles. The molecule has 98 valence electrons. The highest BCUT2D eigenvalue weighted by Gasteiger charge is 2.24. The number of fused-ring (bicyclic) bond motifs is 1. The second kappa shape index (κ2) is 5.46. The van der Waals surface area contributed by atoms with E-state index in [-0.39, 0.29) is 6.54 Å². The summed E-state index contributed by atoms with van der Waals surface area (Å²) in [5, 5.41) is 9.43. The normalized spacial score (nSPS) is 15.9. The molecule has 0 aliphatic carbocycles. The van der Waals surface area contributed by atoms with Crippen molar-refractivity contribution in [2.75, 3.05) is 19.8 Å². The summed E-state index contributed by atoms with van der Waals surface area (Å²) in [5.74, 6) is -0.780. The number of carboxylic acid groups (broad SMARTS) is 1. The van der Waals surface area contributed by atoms with Crippen LogP contribution in [0.4, 0.5) is 0 Å². The first-order valence-electron chi connectivity index (χ1n) is 5.65. The number of carboxylic acids is 1. The van der Waals surface area contributed by atoms with Gasteiger partial charge in [0.05, 0.1) is 19.1 Å². The van der Waals surface area contributed by atoms with Gasteiger partial charge in [0.2, 0.25) is 0 Å². The van der Waals surface area contributed by atoms with E-state index in [9.17, 15) is 4.79 Å². The van der Waals surface area contributed by atoms with Crippen molar-refractivity contribution in [2.24, 2.45) is 5.73 Å². The topological polar surface area (TPSA) is 81.8 Å². The Morgan fingerprint density at radius 2 is 2.00 bits per heavy atom.